The molecular weight excluding hydrogens is 150 g/mol. The van der Waals surface area contributed by atoms with E-state index in [1.807, 2.05) is 41.5 Å². The number of aromatic nitrogens is 3. The van der Waals surface area contributed by atoms with Crippen LogP contribution in [-0.4, -0.2) is 15.2 Å². The van der Waals surface area contributed by atoms with Crippen LogP contribution < -0.4 is 0 Å². The molecule has 0 aliphatic carbocycles. The molecule has 1 aromatic heterocycles. The van der Waals surface area contributed by atoms with E-state index in [4.69, 9.17) is 0 Å². The molecule has 1 aromatic rings. The predicted octanol–water partition coefficient (Wildman–Crippen LogP) is 2.54. The first-order valence-corrected chi connectivity index (χ1v) is 4.41. The van der Waals surface area contributed by atoms with Gasteiger partial charge < -0.3 is 0 Å². The third kappa shape index (κ3) is 5.77. The fraction of sp³-hybridized carbons (Fsp3) is 0.667. The zero-order chi connectivity index (χ0) is 9.98. The lowest BCUT2D eigenvalue weighted by atomic mass is 10.4. The van der Waals surface area contributed by atoms with Crippen LogP contribution in [0, 0.1) is 13.8 Å². The van der Waals surface area contributed by atoms with Crippen molar-refractivity contribution in [2.75, 3.05) is 0 Å². The lowest BCUT2D eigenvalue weighted by molar-refractivity contribution is 0.895. The average molecular weight is 169 g/mol. The minimum Gasteiger partial charge on any atom is -0.238 e. The van der Waals surface area contributed by atoms with E-state index in [-0.39, 0.29) is 0 Å². The van der Waals surface area contributed by atoms with Gasteiger partial charge >= 0.3 is 0 Å². The first-order valence-electron chi connectivity index (χ1n) is 4.41. The number of hydrogen-bond donors (Lipinski definition) is 0. The van der Waals surface area contributed by atoms with Crippen LogP contribution in [0.1, 0.15) is 39.1 Å². The summed E-state index contributed by atoms with van der Waals surface area (Å²) in [6, 6.07) is 0. The van der Waals surface area contributed by atoms with Crippen molar-refractivity contribution in [3.05, 3.63) is 17.7 Å². The monoisotopic (exact) mass is 169 g/mol. The highest BCUT2D eigenvalue weighted by molar-refractivity contribution is 5.01. The summed E-state index contributed by atoms with van der Waals surface area (Å²) in [4.78, 5) is 3.91. The van der Waals surface area contributed by atoms with Gasteiger partial charge in [-0.3, -0.25) is 0 Å². The molecule has 0 aromatic carbocycles. The summed E-state index contributed by atoms with van der Waals surface area (Å²) in [5.74, 6) is 0. The molecule has 0 amide bonds. The highest BCUT2D eigenvalue weighted by Crippen LogP contribution is 1.91. The van der Waals surface area contributed by atoms with Gasteiger partial charge in [0.15, 0.2) is 0 Å². The molecule has 0 spiro atoms. The number of aryl methyl sites for hydroxylation is 2. The molecule has 70 valence electrons. The van der Waals surface area contributed by atoms with Crippen molar-refractivity contribution in [3.63, 3.8) is 0 Å². The largest absolute Gasteiger partial charge is 0.238 e. The van der Waals surface area contributed by atoms with Crippen LogP contribution in [0.25, 0.3) is 0 Å². The Balaban J connectivity index is 0. The van der Waals surface area contributed by atoms with Gasteiger partial charge in [-0.1, -0.05) is 27.7 Å². The molecule has 0 aliphatic rings. The number of rotatable bonds is 0. The Bertz CT molecular complexity index is 166. The normalized spacial score (nSPS) is 7.17. The summed E-state index contributed by atoms with van der Waals surface area (Å²) in [7, 11) is 0. The molecule has 3 heteroatoms. The van der Waals surface area contributed by atoms with Gasteiger partial charge in [0, 0.05) is 0 Å². The molecule has 0 aliphatic heterocycles. The molecule has 0 radical (unpaired) electrons. The summed E-state index contributed by atoms with van der Waals surface area (Å²) in [5.41, 5.74) is 1.84. The standard InChI is InChI=1S/C5H7N3.2C2H6/c1-4-5(2)8-7-3-6-4;2*1-2/h3H,1-2H3;2*1-2H3. The molecule has 0 fully saturated rings. The maximum Gasteiger partial charge on any atom is 0.138 e. The second-order valence-electron chi connectivity index (χ2n) is 1.63. The minimum atomic E-state index is 0.896. The fourth-order valence-electron chi connectivity index (χ4n) is 0.391. The van der Waals surface area contributed by atoms with Crippen molar-refractivity contribution in [1.82, 2.24) is 15.2 Å². The number of hydrogen-bond acceptors (Lipinski definition) is 3. The van der Waals surface area contributed by atoms with E-state index in [1.165, 1.54) is 6.33 Å². The van der Waals surface area contributed by atoms with Crippen LogP contribution in [0.4, 0.5) is 0 Å². The second-order valence-corrected chi connectivity index (χ2v) is 1.63. The molecule has 12 heavy (non-hydrogen) atoms. The summed E-state index contributed by atoms with van der Waals surface area (Å²) in [5, 5.41) is 7.35. The maximum atomic E-state index is 3.91. The average Bonchev–Trinajstić information content (AvgIpc) is 2.17. The van der Waals surface area contributed by atoms with Crippen LogP contribution in [0.3, 0.4) is 0 Å². The van der Waals surface area contributed by atoms with Gasteiger partial charge in [-0.2, -0.15) is 5.10 Å². The summed E-state index contributed by atoms with van der Waals surface area (Å²) >= 11 is 0. The third-order valence-corrected chi connectivity index (χ3v) is 1.03. The topological polar surface area (TPSA) is 38.7 Å². The smallest absolute Gasteiger partial charge is 0.138 e. The van der Waals surface area contributed by atoms with Crippen LogP contribution >= 0.6 is 0 Å². The van der Waals surface area contributed by atoms with Crippen molar-refractivity contribution >= 4 is 0 Å². The Labute approximate surface area is 75.3 Å². The van der Waals surface area contributed by atoms with Crippen LogP contribution in [-0.2, 0) is 0 Å². The Hall–Kier alpha value is -0.990. The van der Waals surface area contributed by atoms with Gasteiger partial charge in [-0.25, -0.2) is 4.98 Å². The fourth-order valence-corrected chi connectivity index (χ4v) is 0.391. The van der Waals surface area contributed by atoms with E-state index in [0.717, 1.165) is 11.4 Å². The first kappa shape index (κ1) is 13.6. The van der Waals surface area contributed by atoms with Crippen molar-refractivity contribution in [2.45, 2.75) is 41.5 Å². The molecule has 3 nitrogen and oxygen atoms in total. The van der Waals surface area contributed by atoms with Crippen LogP contribution in [0.5, 0.6) is 0 Å². The quantitative estimate of drug-likeness (QED) is 0.599. The van der Waals surface area contributed by atoms with Gasteiger partial charge in [0.25, 0.3) is 0 Å². The molecular formula is C9H19N3. The molecule has 0 atom stereocenters. The van der Waals surface area contributed by atoms with E-state index in [1.54, 1.807) is 0 Å². The third-order valence-electron chi connectivity index (χ3n) is 1.03. The van der Waals surface area contributed by atoms with E-state index in [9.17, 15) is 0 Å². The van der Waals surface area contributed by atoms with Crippen molar-refractivity contribution in [3.8, 4) is 0 Å². The maximum absolute atomic E-state index is 3.91. The Morgan fingerprint density at radius 2 is 1.42 bits per heavy atom. The molecule has 0 unspecified atom stereocenters. The Morgan fingerprint density at radius 1 is 0.917 bits per heavy atom. The Kier molecular flexibility index (Phi) is 11.3. The first-order chi connectivity index (χ1) is 5.80. The molecule has 1 rings (SSSR count). The zero-order valence-corrected chi connectivity index (χ0v) is 8.92. The minimum absolute atomic E-state index is 0.896. The van der Waals surface area contributed by atoms with Gasteiger partial charge in [0.1, 0.15) is 6.33 Å². The van der Waals surface area contributed by atoms with Gasteiger partial charge in [0.2, 0.25) is 0 Å². The van der Waals surface area contributed by atoms with E-state index >= 15 is 0 Å². The summed E-state index contributed by atoms with van der Waals surface area (Å²) < 4.78 is 0. The van der Waals surface area contributed by atoms with E-state index in [2.05, 4.69) is 15.2 Å². The molecule has 1 heterocycles. The molecule has 0 saturated heterocycles. The molecule has 0 N–H and O–H groups in total. The lowest BCUT2D eigenvalue weighted by Gasteiger charge is -1.89. The van der Waals surface area contributed by atoms with Gasteiger partial charge in [-0.15, -0.1) is 5.10 Å². The summed E-state index contributed by atoms with van der Waals surface area (Å²) in [6.07, 6.45) is 1.45. The second kappa shape index (κ2) is 10.0. The SMILES string of the molecule is CC.CC.Cc1ncnnc1C. The van der Waals surface area contributed by atoms with Crippen molar-refractivity contribution in [2.24, 2.45) is 0 Å². The molecule has 0 saturated carbocycles. The van der Waals surface area contributed by atoms with Crippen LogP contribution in [0.15, 0.2) is 6.33 Å². The zero-order valence-electron chi connectivity index (χ0n) is 8.92. The lowest BCUT2D eigenvalue weighted by Crippen LogP contribution is -1.91. The van der Waals surface area contributed by atoms with Crippen LogP contribution in [0.2, 0.25) is 0 Å². The van der Waals surface area contributed by atoms with E-state index < -0.39 is 0 Å². The van der Waals surface area contributed by atoms with Crippen molar-refractivity contribution < 1.29 is 0 Å². The van der Waals surface area contributed by atoms with Gasteiger partial charge in [-0.05, 0) is 13.8 Å². The summed E-state index contributed by atoms with van der Waals surface area (Å²) in [6.45, 7) is 11.8. The highest BCUT2D eigenvalue weighted by Gasteiger charge is 1.88. The van der Waals surface area contributed by atoms with Gasteiger partial charge in [0.05, 0.1) is 11.4 Å². The molecule has 0 bridgehead atoms. The number of nitrogens with zero attached hydrogens (tertiary/aromatic N) is 3. The van der Waals surface area contributed by atoms with E-state index in [0.29, 0.717) is 0 Å². The highest BCUT2D eigenvalue weighted by atomic mass is 15.1. The predicted molar refractivity (Wildman–Crippen MR) is 52.0 cm³/mol. The van der Waals surface area contributed by atoms with Crippen molar-refractivity contribution in [1.29, 1.82) is 0 Å². The Morgan fingerprint density at radius 3 is 1.67 bits per heavy atom.